The average molecular weight is 507 g/mol. The zero-order chi connectivity index (χ0) is 27.4. The van der Waals surface area contributed by atoms with Gasteiger partial charge < -0.3 is 9.84 Å². The zero-order valence-electron chi connectivity index (χ0n) is 24.3. The van der Waals surface area contributed by atoms with Crippen LogP contribution in [0.25, 0.3) is 11.1 Å². The molecule has 0 spiro atoms. The minimum atomic E-state index is -0.470. The summed E-state index contributed by atoms with van der Waals surface area (Å²) in [5, 5.41) is 11.6. The zero-order valence-corrected chi connectivity index (χ0v) is 24.3. The van der Waals surface area contributed by atoms with Gasteiger partial charge in [0.1, 0.15) is 6.61 Å². The highest BCUT2D eigenvalue weighted by Gasteiger charge is 2.26. The van der Waals surface area contributed by atoms with Crippen LogP contribution in [0.1, 0.15) is 125 Å². The van der Waals surface area contributed by atoms with E-state index in [0.717, 1.165) is 74.5 Å². The quantitative estimate of drug-likeness (QED) is 0.182. The summed E-state index contributed by atoms with van der Waals surface area (Å²) in [5.41, 5.74) is 10.6. The predicted molar refractivity (Wildman–Crippen MR) is 157 cm³/mol. The van der Waals surface area contributed by atoms with Crippen LogP contribution in [0.4, 0.5) is 0 Å². The lowest BCUT2D eigenvalue weighted by Gasteiger charge is -2.29. The van der Waals surface area contributed by atoms with Crippen LogP contribution in [-0.4, -0.2) is 11.1 Å². The summed E-state index contributed by atoms with van der Waals surface area (Å²) >= 11 is 0. The van der Waals surface area contributed by atoms with Crippen molar-refractivity contribution in [1.29, 1.82) is 0 Å². The van der Waals surface area contributed by atoms with E-state index in [4.69, 9.17) is 4.74 Å². The predicted octanol–water partition coefficient (Wildman–Crippen LogP) is 9.14. The van der Waals surface area contributed by atoms with E-state index in [1.807, 2.05) is 0 Å². The Morgan fingerprint density at radius 3 is 1.92 bits per heavy atom. The molecule has 0 aliphatic rings. The molecule has 0 bridgehead atoms. The van der Waals surface area contributed by atoms with Gasteiger partial charge in [-0.25, -0.2) is 4.79 Å². The molecular weight excluding hydrogens is 456 g/mol. The first kappa shape index (κ1) is 30.8. The molecule has 1 unspecified atom stereocenters. The largest absolute Gasteiger partial charge is 0.457 e. The van der Waals surface area contributed by atoms with Gasteiger partial charge >= 0.3 is 5.97 Å². The molecule has 2 aromatic carbocycles. The Morgan fingerprint density at radius 2 is 1.41 bits per heavy atom. The molecular formula is C34H50O3. The first-order valence-corrected chi connectivity index (χ1v) is 14.6. The number of hydrogen-bond acceptors (Lipinski definition) is 3. The summed E-state index contributed by atoms with van der Waals surface area (Å²) in [6.45, 7) is 16.8. The fourth-order valence-electron chi connectivity index (χ4n) is 5.23. The SMILES string of the molecule is C=C(C)C(=O)OCc1ccc(-c2c(CCCC)c(CCCC)c(C)c(CCCC)c2C(O)CCC)cc1. The maximum atomic E-state index is 11.9. The maximum Gasteiger partial charge on any atom is 0.333 e. The van der Waals surface area contributed by atoms with Gasteiger partial charge in [0.05, 0.1) is 6.10 Å². The van der Waals surface area contributed by atoms with Crippen LogP contribution in [0.5, 0.6) is 0 Å². The molecule has 0 aliphatic heterocycles. The highest BCUT2D eigenvalue weighted by atomic mass is 16.5. The maximum absolute atomic E-state index is 11.9. The Bertz CT molecular complexity index is 1020. The molecule has 0 fully saturated rings. The van der Waals surface area contributed by atoms with Gasteiger partial charge in [0.15, 0.2) is 0 Å². The fourth-order valence-corrected chi connectivity index (χ4v) is 5.23. The van der Waals surface area contributed by atoms with Gasteiger partial charge in [0.25, 0.3) is 0 Å². The van der Waals surface area contributed by atoms with Crippen molar-refractivity contribution in [3.63, 3.8) is 0 Å². The monoisotopic (exact) mass is 506 g/mol. The second-order valence-electron chi connectivity index (χ2n) is 10.5. The summed E-state index contributed by atoms with van der Waals surface area (Å²) in [6.07, 6.45) is 11.3. The molecule has 0 radical (unpaired) electrons. The summed E-state index contributed by atoms with van der Waals surface area (Å²) in [4.78, 5) is 11.9. The van der Waals surface area contributed by atoms with Crippen molar-refractivity contribution in [2.75, 3.05) is 0 Å². The third-order valence-corrected chi connectivity index (χ3v) is 7.36. The second kappa shape index (κ2) is 15.8. The van der Waals surface area contributed by atoms with Gasteiger partial charge in [-0.15, -0.1) is 0 Å². The summed E-state index contributed by atoms with van der Waals surface area (Å²) in [6, 6.07) is 8.41. The van der Waals surface area contributed by atoms with Crippen LogP contribution in [0.15, 0.2) is 36.4 Å². The van der Waals surface area contributed by atoms with E-state index in [1.54, 1.807) is 6.92 Å². The second-order valence-corrected chi connectivity index (χ2v) is 10.5. The molecule has 2 rings (SSSR count). The third kappa shape index (κ3) is 8.30. The van der Waals surface area contributed by atoms with Gasteiger partial charge in [0.2, 0.25) is 0 Å². The summed E-state index contributed by atoms with van der Waals surface area (Å²) in [7, 11) is 0. The lowest BCUT2D eigenvalue weighted by molar-refractivity contribution is -0.140. The smallest absolute Gasteiger partial charge is 0.333 e. The Balaban J connectivity index is 2.75. The van der Waals surface area contributed by atoms with Gasteiger partial charge in [-0.2, -0.15) is 0 Å². The Morgan fingerprint density at radius 1 is 0.865 bits per heavy atom. The van der Waals surface area contributed by atoms with Crippen LogP contribution < -0.4 is 0 Å². The van der Waals surface area contributed by atoms with E-state index < -0.39 is 6.10 Å². The molecule has 3 nitrogen and oxygen atoms in total. The number of benzene rings is 2. The van der Waals surface area contributed by atoms with Crippen LogP contribution in [-0.2, 0) is 35.4 Å². The molecule has 0 saturated carbocycles. The number of ether oxygens (including phenoxy) is 1. The van der Waals surface area contributed by atoms with E-state index in [2.05, 4.69) is 65.5 Å². The lowest BCUT2D eigenvalue weighted by atomic mass is 9.77. The molecule has 204 valence electrons. The molecule has 1 N–H and O–H groups in total. The first-order chi connectivity index (χ1) is 17.8. The van der Waals surface area contributed by atoms with Crippen molar-refractivity contribution in [3.8, 4) is 11.1 Å². The van der Waals surface area contributed by atoms with Crippen molar-refractivity contribution in [3.05, 3.63) is 69.8 Å². The number of carbonyl (C=O) groups excluding carboxylic acids is 1. The van der Waals surface area contributed by atoms with E-state index in [0.29, 0.717) is 5.57 Å². The van der Waals surface area contributed by atoms with Crippen molar-refractivity contribution in [2.24, 2.45) is 0 Å². The van der Waals surface area contributed by atoms with E-state index in [1.165, 1.54) is 40.7 Å². The van der Waals surface area contributed by atoms with Gasteiger partial charge in [-0.05, 0) is 103 Å². The van der Waals surface area contributed by atoms with Gasteiger partial charge in [-0.1, -0.05) is 84.2 Å². The number of carbonyl (C=O) groups is 1. The highest BCUT2D eigenvalue weighted by Crippen LogP contribution is 2.42. The Hall–Kier alpha value is -2.39. The summed E-state index contributed by atoms with van der Waals surface area (Å²) < 4.78 is 5.37. The van der Waals surface area contributed by atoms with Crippen LogP contribution in [0.3, 0.4) is 0 Å². The highest BCUT2D eigenvalue weighted by molar-refractivity contribution is 5.86. The van der Waals surface area contributed by atoms with Crippen molar-refractivity contribution < 1.29 is 14.6 Å². The van der Waals surface area contributed by atoms with Gasteiger partial charge in [-0.3, -0.25) is 0 Å². The lowest BCUT2D eigenvalue weighted by Crippen LogP contribution is -2.14. The molecule has 3 heteroatoms. The van der Waals surface area contributed by atoms with E-state index in [9.17, 15) is 9.90 Å². The van der Waals surface area contributed by atoms with E-state index in [-0.39, 0.29) is 12.6 Å². The van der Waals surface area contributed by atoms with Crippen LogP contribution in [0, 0.1) is 6.92 Å². The molecule has 0 heterocycles. The van der Waals surface area contributed by atoms with Gasteiger partial charge in [0, 0.05) is 5.57 Å². The number of hydrogen-bond donors (Lipinski definition) is 1. The standard InChI is InChI=1S/C34H50O3/c1-8-12-16-28-25(7)29(17-13-9-2)33(31(35)15-11-4)32(30(28)18-14-10-3)27-21-19-26(20-22-27)23-37-34(36)24(5)6/h19-22,31,35H,5,8-18,23H2,1-4,6-7H3. The number of aliphatic hydroxyl groups excluding tert-OH is 1. The van der Waals surface area contributed by atoms with Crippen molar-refractivity contribution in [1.82, 2.24) is 0 Å². The van der Waals surface area contributed by atoms with Crippen molar-refractivity contribution in [2.45, 2.75) is 125 Å². The summed E-state index contributed by atoms with van der Waals surface area (Å²) in [5.74, 6) is -0.365. The molecule has 0 aliphatic carbocycles. The molecule has 37 heavy (non-hydrogen) atoms. The molecule has 2 aromatic rings. The number of esters is 1. The minimum absolute atomic E-state index is 0.234. The Kier molecular flexibility index (Phi) is 13.1. The first-order valence-electron chi connectivity index (χ1n) is 14.6. The topological polar surface area (TPSA) is 46.5 Å². The number of unbranched alkanes of at least 4 members (excludes halogenated alkanes) is 3. The molecule has 0 amide bonds. The fraction of sp³-hybridized carbons (Fsp3) is 0.559. The van der Waals surface area contributed by atoms with Crippen molar-refractivity contribution >= 4 is 5.97 Å². The van der Waals surface area contributed by atoms with Crippen LogP contribution in [0.2, 0.25) is 0 Å². The normalized spacial score (nSPS) is 12.0. The Labute approximate surface area is 226 Å². The molecule has 0 aromatic heterocycles. The number of rotatable bonds is 16. The third-order valence-electron chi connectivity index (χ3n) is 7.36. The number of aliphatic hydroxyl groups is 1. The molecule has 1 atom stereocenters. The minimum Gasteiger partial charge on any atom is -0.457 e. The average Bonchev–Trinajstić information content (AvgIpc) is 2.89. The molecule has 0 saturated heterocycles. The van der Waals surface area contributed by atoms with E-state index >= 15 is 0 Å². The van der Waals surface area contributed by atoms with Crippen LogP contribution >= 0.6 is 0 Å².